The highest BCUT2D eigenvalue weighted by atomic mass is 35.5. The molecule has 104 valence electrons. The molecule has 0 aromatic heterocycles. The molecule has 0 atom stereocenters. The molecule has 1 amide bonds. The Hall–Kier alpha value is -1.55. The molecule has 2 N–H and O–H groups in total. The van der Waals surface area contributed by atoms with Gasteiger partial charge in [-0.1, -0.05) is 47.5 Å². The Morgan fingerprint density at radius 1 is 0.900 bits per heavy atom. The van der Waals surface area contributed by atoms with Gasteiger partial charge in [-0.2, -0.15) is 0 Å². The van der Waals surface area contributed by atoms with E-state index in [1.54, 1.807) is 36.4 Å². The minimum atomic E-state index is -0.600. The highest BCUT2D eigenvalue weighted by molar-refractivity contribution is 6.69. The van der Waals surface area contributed by atoms with Crippen molar-refractivity contribution in [3.05, 3.63) is 69.7 Å². The van der Waals surface area contributed by atoms with Gasteiger partial charge in [0.05, 0.1) is 15.6 Å². The first-order chi connectivity index (χ1) is 9.43. The maximum atomic E-state index is 10.6. The van der Waals surface area contributed by atoms with Crippen LogP contribution in [-0.4, -0.2) is 11.1 Å². The van der Waals surface area contributed by atoms with Crippen molar-refractivity contribution in [3.63, 3.8) is 0 Å². The van der Waals surface area contributed by atoms with Crippen LogP contribution in [0.3, 0.4) is 0 Å². The summed E-state index contributed by atoms with van der Waals surface area (Å²) in [6, 6.07) is 13.5. The largest absolute Gasteiger partial charge is 0.366 e. The van der Waals surface area contributed by atoms with E-state index in [2.05, 4.69) is 0 Å². The molecule has 20 heavy (non-hydrogen) atoms. The average Bonchev–Trinajstić information content (AvgIpc) is 2.43. The Bertz CT molecular complexity index is 615. The Labute approximate surface area is 131 Å². The average molecular weight is 331 g/mol. The van der Waals surface area contributed by atoms with Crippen molar-refractivity contribution in [1.29, 1.82) is 0 Å². The molecule has 0 aliphatic carbocycles. The fourth-order valence-corrected chi connectivity index (χ4v) is 1.85. The van der Waals surface area contributed by atoms with Gasteiger partial charge in [-0.25, -0.2) is 0 Å². The second-order valence-corrected chi connectivity index (χ2v) is 4.73. The number of hydrogen-bond acceptors (Lipinski definition) is 2. The smallest absolute Gasteiger partial charge is 0.253 e. The van der Waals surface area contributed by atoms with Crippen molar-refractivity contribution in [2.45, 2.75) is 0 Å². The summed E-state index contributed by atoms with van der Waals surface area (Å²) in [4.78, 5) is 21.1. The Morgan fingerprint density at radius 3 is 1.90 bits per heavy atom. The highest BCUT2D eigenvalue weighted by Crippen LogP contribution is 2.26. The van der Waals surface area contributed by atoms with Gasteiger partial charge in [0.1, 0.15) is 0 Å². The number of amides is 1. The summed E-state index contributed by atoms with van der Waals surface area (Å²) in [7, 11) is 0. The van der Waals surface area contributed by atoms with Crippen molar-refractivity contribution >= 4 is 46.0 Å². The lowest BCUT2D eigenvalue weighted by molar-refractivity contribution is 0.0999. The number of hydrogen-bond donors (Lipinski definition) is 1. The standard InChI is InChI=1S/C7H3Cl3O.C7H7NO/c8-5-3-1-2-4(6(5)9)7(10)11;8-7(9)6-4-2-1-3-5-6/h1-3H;1-5H,(H2,8,9). The van der Waals surface area contributed by atoms with Gasteiger partial charge in [-0.3, -0.25) is 9.59 Å². The zero-order chi connectivity index (χ0) is 15.1. The summed E-state index contributed by atoms with van der Waals surface area (Å²) in [6.45, 7) is 0. The van der Waals surface area contributed by atoms with Crippen LogP contribution in [0.2, 0.25) is 10.0 Å². The topological polar surface area (TPSA) is 60.2 Å². The number of primary amides is 1. The van der Waals surface area contributed by atoms with Crippen LogP contribution in [0.1, 0.15) is 20.7 Å². The van der Waals surface area contributed by atoms with Crippen molar-refractivity contribution in [2.75, 3.05) is 0 Å². The Kier molecular flexibility index (Phi) is 6.52. The molecule has 3 nitrogen and oxygen atoms in total. The first kappa shape index (κ1) is 16.5. The van der Waals surface area contributed by atoms with Gasteiger partial charge in [0.2, 0.25) is 5.91 Å². The van der Waals surface area contributed by atoms with Gasteiger partial charge in [0, 0.05) is 5.56 Å². The SMILES string of the molecule is NC(=O)c1ccccc1.O=C(Cl)c1cccc(Cl)c1Cl. The van der Waals surface area contributed by atoms with Crippen LogP contribution in [0.4, 0.5) is 0 Å². The number of carbonyl (C=O) groups excluding carboxylic acids is 2. The van der Waals surface area contributed by atoms with E-state index < -0.39 is 5.24 Å². The van der Waals surface area contributed by atoms with E-state index in [0.717, 1.165) is 0 Å². The third-order valence-electron chi connectivity index (χ3n) is 2.22. The predicted octanol–water partition coefficient (Wildman–Crippen LogP) is 4.16. The Morgan fingerprint density at radius 2 is 1.50 bits per heavy atom. The molecule has 0 radical (unpaired) electrons. The molecule has 2 rings (SSSR count). The van der Waals surface area contributed by atoms with Crippen molar-refractivity contribution < 1.29 is 9.59 Å². The van der Waals surface area contributed by atoms with Crippen LogP contribution in [0.5, 0.6) is 0 Å². The summed E-state index contributed by atoms with van der Waals surface area (Å²) in [6.07, 6.45) is 0. The minimum absolute atomic E-state index is 0.203. The first-order valence-corrected chi connectivity index (χ1v) is 6.55. The monoisotopic (exact) mass is 329 g/mol. The van der Waals surface area contributed by atoms with Crippen molar-refractivity contribution in [2.24, 2.45) is 5.73 Å². The van der Waals surface area contributed by atoms with E-state index in [9.17, 15) is 9.59 Å². The summed E-state index contributed by atoms with van der Waals surface area (Å²) in [5, 5.41) is -0.0650. The molecule has 0 fully saturated rings. The lowest BCUT2D eigenvalue weighted by Gasteiger charge is -1.98. The van der Waals surface area contributed by atoms with Gasteiger partial charge >= 0.3 is 0 Å². The molecule has 0 unspecified atom stereocenters. The number of nitrogens with two attached hydrogens (primary N) is 1. The van der Waals surface area contributed by atoms with Crippen LogP contribution in [0.25, 0.3) is 0 Å². The molecule has 0 saturated heterocycles. The molecule has 0 heterocycles. The lowest BCUT2D eigenvalue weighted by Crippen LogP contribution is -2.09. The number of rotatable bonds is 2. The zero-order valence-electron chi connectivity index (χ0n) is 10.1. The van der Waals surface area contributed by atoms with Crippen LogP contribution < -0.4 is 5.73 Å². The third-order valence-corrected chi connectivity index (χ3v) is 3.24. The quantitative estimate of drug-likeness (QED) is 0.841. The normalized spacial score (nSPS) is 9.35. The molecular weight excluding hydrogens is 321 g/mol. The van der Waals surface area contributed by atoms with E-state index in [-0.39, 0.29) is 16.5 Å². The molecule has 0 saturated carbocycles. The van der Waals surface area contributed by atoms with E-state index in [0.29, 0.717) is 10.6 Å². The van der Waals surface area contributed by atoms with Crippen molar-refractivity contribution in [1.82, 2.24) is 0 Å². The zero-order valence-corrected chi connectivity index (χ0v) is 12.4. The highest BCUT2D eigenvalue weighted by Gasteiger charge is 2.08. The maximum absolute atomic E-state index is 10.6. The summed E-state index contributed by atoms with van der Waals surface area (Å²) in [5.74, 6) is -0.379. The minimum Gasteiger partial charge on any atom is -0.366 e. The maximum Gasteiger partial charge on any atom is 0.253 e. The summed E-state index contributed by atoms with van der Waals surface area (Å²) in [5.41, 5.74) is 5.76. The van der Waals surface area contributed by atoms with Gasteiger partial charge < -0.3 is 5.73 Å². The van der Waals surface area contributed by atoms with E-state index in [1.807, 2.05) is 6.07 Å². The molecule has 2 aromatic carbocycles. The molecule has 0 spiro atoms. The Balaban J connectivity index is 0.000000204. The fraction of sp³-hybridized carbons (Fsp3) is 0. The third kappa shape index (κ3) is 4.85. The summed E-state index contributed by atoms with van der Waals surface area (Å²) >= 11 is 16.5. The van der Waals surface area contributed by atoms with Crippen LogP contribution in [-0.2, 0) is 0 Å². The molecular formula is C14H10Cl3NO2. The van der Waals surface area contributed by atoms with E-state index in [4.69, 9.17) is 40.5 Å². The van der Waals surface area contributed by atoms with Gasteiger partial charge in [0.25, 0.3) is 5.24 Å². The van der Waals surface area contributed by atoms with E-state index >= 15 is 0 Å². The van der Waals surface area contributed by atoms with Gasteiger partial charge in [-0.15, -0.1) is 0 Å². The second kappa shape index (κ2) is 7.90. The number of halogens is 3. The van der Waals surface area contributed by atoms with Crippen molar-refractivity contribution in [3.8, 4) is 0 Å². The molecule has 0 bridgehead atoms. The number of carbonyl (C=O) groups is 2. The van der Waals surface area contributed by atoms with Gasteiger partial charge in [0.15, 0.2) is 0 Å². The van der Waals surface area contributed by atoms with Crippen LogP contribution in [0, 0.1) is 0 Å². The lowest BCUT2D eigenvalue weighted by atomic mass is 10.2. The predicted molar refractivity (Wildman–Crippen MR) is 81.6 cm³/mol. The first-order valence-electron chi connectivity index (χ1n) is 5.42. The van der Waals surface area contributed by atoms with Gasteiger partial charge in [-0.05, 0) is 35.9 Å². The second-order valence-electron chi connectivity index (χ2n) is 3.61. The van der Waals surface area contributed by atoms with E-state index in [1.165, 1.54) is 6.07 Å². The van der Waals surface area contributed by atoms with Crippen LogP contribution in [0.15, 0.2) is 48.5 Å². The van der Waals surface area contributed by atoms with Crippen LogP contribution >= 0.6 is 34.8 Å². The molecule has 0 aliphatic heterocycles. The summed E-state index contributed by atoms with van der Waals surface area (Å²) < 4.78 is 0. The number of benzene rings is 2. The fourth-order valence-electron chi connectivity index (χ4n) is 1.26. The molecule has 2 aromatic rings. The molecule has 0 aliphatic rings. The molecule has 6 heteroatoms.